The van der Waals surface area contributed by atoms with E-state index in [1.165, 1.54) is 0 Å². The van der Waals surface area contributed by atoms with Gasteiger partial charge in [0.25, 0.3) is 0 Å². The number of nitrogens with zero attached hydrogens (tertiary/aromatic N) is 1. The molecule has 1 amide bonds. The van der Waals surface area contributed by atoms with E-state index in [2.05, 4.69) is 36.4 Å². The van der Waals surface area contributed by atoms with Crippen molar-refractivity contribution in [3.8, 4) is 0 Å². The number of Topliss-reactive ketones (excluding diaryl/α,β-unsaturated/α-hetero) is 1. The maximum atomic E-state index is 14.2. The smallest absolute Gasteiger partial charge is 0.414 e. The molecule has 2 heterocycles. The van der Waals surface area contributed by atoms with Gasteiger partial charge in [-0.15, -0.1) is 0 Å². The molecular weight excluding hydrogens is 398 g/mol. The lowest BCUT2D eigenvalue weighted by Gasteiger charge is -2.53. The number of ketones is 1. The van der Waals surface area contributed by atoms with E-state index in [1.54, 1.807) is 11.8 Å². The minimum atomic E-state index is -0.890. The Kier molecular flexibility index (Phi) is 4.70. The molecule has 2 aliphatic heterocycles. The highest BCUT2D eigenvalue weighted by atomic mass is 16.6. The number of fused-ring (bicyclic) bond motifs is 1. The van der Waals surface area contributed by atoms with Gasteiger partial charge in [-0.2, -0.15) is 0 Å². The highest BCUT2D eigenvalue weighted by molar-refractivity contribution is 6.15. The standard InChI is InChI=1S/C28H27NO3/c1-4-32-26(31)29-18-17-22-15-16-23(29)27(3)25(30)19(2)24(20-11-7-5-8-12-20)28(22,27)21-13-9-6-10-14-21/h5-18,22-23H,4H2,1-3H3/t22-,23+,27+,28-/m1/s1. The second-order valence-corrected chi connectivity index (χ2v) is 8.87. The van der Waals surface area contributed by atoms with Crippen LogP contribution in [0.4, 0.5) is 4.79 Å². The van der Waals surface area contributed by atoms with Gasteiger partial charge in [-0.25, -0.2) is 4.79 Å². The third-order valence-electron chi connectivity index (χ3n) is 7.52. The Morgan fingerprint density at radius 2 is 1.66 bits per heavy atom. The molecule has 4 heteroatoms. The number of carbonyl (C=O) groups is 2. The van der Waals surface area contributed by atoms with Gasteiger partial charge in [0.15, 0.2) is 5.78 Å². The zero-order chi connectivity index (χ0) is 22.5. The zero-order valence-corrected chi connectivity index (χ0v) is 18.6. The van der Waals surface area contributed by atoms with E-state index in [0.29, 0.717) is 0 Å². The molecule has 0 saturated carbocycles. The first-order valence-electron chi connectivity index (χ1n) is 11.2. The van der Waals surface area contributed by atoms with Crippen LogP contribution in [0, 0.1) is 11.3 Å². The molecule has 6 rings (SSSR count). The summed E-state index contributed by atoms with van der Waals surface area (Å²) in [5, 5.41) is 0. The van der Waals surface area contributed by atoms with Crippen LogP contribution >= 0.6 is 0 Å². The summed E-state index contributed by atoms with van der Waals surface area (Å²) in [6.45, 7) is 6.04. The average molecular weight is 426 g/mol. The van der Waals surface area contributed by atoms with Crippen LogP contribution in [-0.4, -0.2) is 29.4 Å². The van der Waals surface area contributed by atoms with Crippen LogP contribution in [-0.2, 0) is 14.9 Å². The van der Waals surface area contributed by atoms with Gasteiger partial charge in [-0.05, 0) is 43.0 Å². The lowest BCUT2D eigenvalue weighted by molar-refractivity contribution is -0.128. The molecule has 32 heavy (non-hydrogen) atoms. The molecule has 0 N–H and O–H groups in total. The van der Waals surface area contributed by atoms with Gasteiger partial charge in [0, 0.05) is 17.5 Å². The molecular formula is C28H27NO3. The number of hydrogen-bond donors (Lipinski definition) is 0. The Morgan fingerprint density at radius 3 is 2.31 bits per heavy atom. The molecule has 2 bridgehead atoms. The van der Waals surface area contributed by atoms with Gasteiger partial charge in [-0.3, -0.25) is 9.69 Å². The Bertz CT molecular complexity index is 1160. The lowest BCUT2D eigenvalue weighted by Crippen LogP contribution is -2.60. The SMILES string of the molecule is CCOC(=O)N1C=C[C@H]2C=C[C@H]1[C@@]1(C)C(=O)C(C)=C(c3ccccc3)[C@@]21c1ccccc1. The number of benzene rings is 2. The van der Waals surface area contributed by atoms with Crippen LogP contribution in [0.25, 0.3) is 5.57 Å². The molecule has 0 saturated heterocycles. The van der Waals surface area contributed by atoms with Gasteiger partial charge < -0.3 is 4.74 Å². The lowest BCUT2D eigenvalue weighted by atomic mass is 9.49. The van der Waals surface area contributed by atoms with Crippen molar-refractivity contribution in [2.24, 2.45) is 11.3 Å². The summed E-state index contributed by atoms with van der Waals surface area (Å²) in [4.78, 5) is 28.7. The van der Waals surface area contributed by atoms with Crippen molar-refractivity contribution >= 4 is 17.4 Å². The summed E-state index contributed by atoms with van der Waals surface area (Å²) in [7, 11) is 0. The summed E-state index contributed by atoms with van der Waals surface area (Å²) in [5.41, 5.74) is 2.41. The van der Waals surface area contributed by atoms with Crippen molar-refractivity contribution in [3.63, 3.8) is 0 Å². The summed E-state index contributed by atoms with van der Waals surface area (Å²) in [6.07, 6.45) is 7.61. The van der Waals surface area contributed by atoms with Crippen LogP contribution in [0.2, 0.25) is 0 Å². The first-order chi connectivity index (χ1) is 15.5. The summed E-state index contributed by atoms with van der Waals surface area (Å²) in [6, 6.07) is 20.0. The maximum Gasteiger partial charge on any atom is 0.414 e. The molecule has 4 nitrogen and oxygen atoms in total. The molecule has 0 spiro atoms. The van der Waals surface area contributed by atoms with Gasteiger partial charge >= 0.3 is 6.09 Å². The molecule has 2 aromatic carbocycles. The highest BCUT2D eigenvalue weighted by Gasteiger charge is 2.69. The quantitative estimate of drug-likeness (QED) is 0.608. The predicted octanol–water partition coefficient (Wildman–Crippen LogP) is 5.53. The van der Waals surface area contributed by atoms with Gasteiger partial charge in [0.2, 0.25) is 0 Å². The fourth-order valence-electron chi connectivity index (χ4n) is 6.30. The fourth-order valence-corrected chi connectivity index (χ4v) is 6.30. The summed E-state index contributed by atoms with van der Waals surface area (Å²) in [5.74, 6) is -0.0141. The van der Waals surface area contributed by atoms with Crippen LogP contribution in [0.15, 0.2) is 90.7 Å². The number of amides is 1. The number of allylic oxidation sites excluding steroid dienone is 4. The fraction of sp³-hybridized carbons (Fsp3) is 0.286. The second kappa shape index (κ2) is 7.33. The normalized spacial score (nSPS) is 30.5. The third-order valence-corrected chi connectivity index (χ3v) is 7.52. The molecule has 2 aromatic rings. The van der Waals surface area contributed by atoms with E-state index in [4.69, 9.17) is 4.74 Å². The molecule has 0 unspecified atom stereocenters. The minimum absolute atomic E-state index is 0.0811. The number of carbonyl (C=O) groups excluding carboxylic acids is 2. The molecule has 0 radical (unpaired) electrons. The topological polar surface area (TPSA) is 46.6 Å². The van der Waals surface area contributed by atoms with Crippen molar-refractivity contribution in [2.45, 2.75) is 32.2 Å². The van der Waals surface area contributed by atoms with E-state index < -0.39 is 23.0 Å². The van der Waals surface area contributed by atoms with Crippen molar-refractivity contribution in [1.29, 1.82) is 0 Å². The molecule has 0 aromatic heterocycles. The van der Waals surface area contributed by atoms with Crippen LogP contribution in [0.1, 0.15) is 31.9 Å². The number of rotatable bonds is 3. The third kappa shape index (κ3) is 2.44. The Labute approximate surface area is 188 Å². The summed E-state index contributed by atoms with van der Waals surface area (Å²) < 4.78 is 5.37. The molecule has 0 fully saturated rings. The van der Waals surface area contributed by atoms with E-state index in [9.17, 15) is 9.59 Å². The molecule has 4 aliphatic rings. The van der Waals surface area contributed by atoms with Crippen molar-refractivity contribution in [1.82, 2.24) is 4.90 Å². The number of hydrogen-bond acceptors (Lipinski definition) is 3. The van der Waals surface area contributed by atoms with Crippen molar-refractivity contribution < 1.29 is 14.3 Å². The predicted molar refractivity (Wildman–Crippen MR) is 125 cm³/mol. The molecule has 4 atom stereocenters. The van der Waals surface area contributed by atoms with Gasteiger partial charge in [0.05, 0.1) is 18.1 Å². The Balaban J connectivity index is 1.84. The monoisotopic (exact) mass is 425 g/mol. The Morgan fingerprint density at radius 1 is 1.00 bits per heavy atom. The van der Waals surface area contributed by atoms with E-state index in [0.717, 1.165) is 22.3 Å². The maximum absolute atomic E-state index is 14.2. The average Bonchev–Trinajstić information content (AvgIpc) is 2.99. The van der Waals surface area contributed by atoms with Gasteiger partial charge in [-0.1, -0.05) is 78.9 Å². The van der Waals surface area contributed by atoms with E-state index in [-0.39, 0.29) is 18.3 Å². The van der Waals surface area contributed by atoms with E-state index in [1.807, 2.05) is 62.5 Å². The van der Waals surface area contributed by atoms with Crippen LogP contribution in [0.5, 0.6) is 0 Å². The first-order valence-corrected chi connectivity index (χ1v) is 11.2. The van der Waals surface area contributed by atoms with Crippen molar-refractivity contribution in [3.05, 3.63) is 102 Å². The minimum Gasteiger partial charge on any atom is -0.449 e. The zero-order valence-electron chi connectivity index (χ0n) is 18.6. The van der Waals surface area contributed by atoms with E-state index >= 15 is 0 Å². The van der Waals surface area contributed by atoms with Crippen LogP contribution in [0.3, 0.4) is 0 Å². The van der Waals surface area contributed by atoms with Gasteiger partial charge in [0.1, 0.15) is 0 Å². The highest BCUT2D eigenvalue weighted by Crippen LogP contribution is 2.67. The molecule has 162 valence electrons. The molecule has 2 aliphatic carbocycles. The Hall–Kier alpha value is -3.40. The second-order valence-electron chi connectivity index (χ2n) is 8.87. The first kappa shape index (κ1) is 20.5. The van der Waals surface area contributed by atoms with Crippen molar-refractivity contribution in [2.75, 3.05) is 6.61 Å². The largest absolute Gasteiger partial charge is 0.449 e. The summed E-state index contributed by atoms with van der Waals surface area (Å²) >= 11 is 0. The number of ether oxygens (including phenoxy) is 1. The van der Waals surface area contributed by atoms with Crippen LogP contribution < -0.4 is 0 Å².